The fourth-order valence-electron chi connectivity index (χ4n) is 2.91. The number of aryl methyl sites for hydroxylation is 2. The molecule has 0 fully saturated rings. The van der Waals surface area contributed by atoms with Gasteiger partial charge in [-0.25, -0.2) is 8.42 Å². The standard InChI is InChI=1S/C17H19BrN2O3S2/c1-10-3-6-14-12(7-10)8-15(24-14)17(21)19-20-25(22,23)16-9-13(18)5-4-11(16)2/h4-5,8-10,20H,3,6-7H2,1-2H3,(H,19,21). The van der Waals surface area contributed by atoms with Crippen LogP contribution < -0.4 is 10.3 Å². The van der Waals surface area contributed by atoms with Gasteiger partial charge in [-0.2, -0.15) is 0 Å². The molecule has 1 heterocycles. The quantitative estimate of drug-likeness (QED) is 0.710. The summed E-state index contributed by atoms with van der Waals surface area (Å²) in [6.07, 6.45) is 3.09. The van der Waals surface area contributed by atoms with Gasteiger partial charge >= 0.3 is 0 Å². The zero-order valence-corrected chi connectivity index (χ0v) is 17.1. The molecule has 0 spiro atoms. The van der Waals surface area contributed by atoms with E-state index in [1.807, 2.05) is 6.07 Å². The molecule has 1 aromatic carbocycles. The summed E-state index contributed by atoms with van der Waals surface area (Å²) in [5.74, 6) is 0.194. The molecule has 0 saturated heterocycles. The Morgan fingerprint density at radius 1 is 1.32 bits per heavy atom. The molecule has 1 aliphatic carbocycles. The zero-order chi connectivity index (χ0) is 18.2. The molecule has 1 amide bonds. The van der Waals surface area contributed by atoms with Crippen molar-refractivity contribution in [3.8, 4) is 0 Å². The number of hydrogen-bond acceptors (Lipinski definition) is 4. The summed E-state index contributed by atoms with van der Waals surface area (Å²) >= 11 is 4.71. The van der Waals surface area contributed by atoms with Gasteiger partial charge in [0.05, 0.1) is 9.77 Å². The minimum absolute atomic E-state index is 0.126. The largest absolute Gasteiger partial charge is 0.276 e. The molecule has 8 heteroatoms. The predicted octanol–water partition coefficient (Wildman–Crippen LogP) is 3.57. The highest BCUT2D eigenvalue weighted by atomic mass is 79.9. The lowest BCUT2D eigenvalue weighted by Crippen LogP contribution is -2.41. The number of hydrogen-bond donors (Lipinski definition) is 2. The van der Waals surface area contributed by atoms with Crippen LogP contribution in [0.2, 0.25) is 0 Å². The van der Waals surface area contributed by atoms with Gasteiger partial charge in [0.25, 0.3) is 15.9 Å². The summed E-state index contributed by atoms with van der Waals surface area (Å²) in [7, 11) is -3.83. The first kappa shape index (κ1) is 18.6. The van der Waals surface area contributed by atoms with E-state index in [-0.39, 0.29) is 4.90 Å². The Hall–Kier alpha value is -1.22. The van der Waals surface area contributed by atoms with Crippen molar-refractivity contribution in [3.05, 3.63) is 49.6 Å². The van der Waals surface area contributed by atoms with Crippen LogP contribution in [0.15, 0.2) is 33.6 Å². The van der Waals surface area contributed by atoms with Gasteiger partial charge in [0.15, 0.2) is 0 Å². The zero-order valence-electron chi connectivity index (χ0n) is 13.9. The minimum atomic E-state index is -3.83. The van der Waals surface area contributed by atoms with Crippen LogP contribution in [0.1, 0.15) is 39.0 Å². The summed E-state index contributed by atoms with van der Waals surface area (Å²) in [6, 6.07) is 6.86. The molecular formula is C17H19BrN2O3S2. The molecule has 1 aromatic heterocycles. The summed E-state index contributed by atoms with van der Waals surface area (Å²) in [5.41, 5.74) is 4.13. The third kappa shape index (κ3) is 4.13. The van der Waals surface area contributed by atoms with Gasteiger partial charge in [-0.1, -0.05) is 28.9 Å². The fraction of sp³-hybridized carbons (Fsp3) is 0.353. The molecule has 1 unspecified atom stereocenters. The number of nitrogens with one attached hydrogen (secondary N) is 2. The SMILES string of the molecule is Cc1ccc(Br)cc1S(=O)(=O)NNC(=O)c1cc2c(s1)CCC(C)C2. The van der Waals surface area contributed by atoms with Gasteiger partial charge in [-0.15, -0.1) is 16.2 Å². The summed E-state index contributed by atoms with van der Waals surface area (Å²) in [5, 5.41) is 0. The molecule has 2 aromatic rings. The van der Waals surface area contributed by atoms with Gasteiger partial charge < -0.3 is 0 Å². The number of fused-ring (bicyclic) bond motifs is 1. The van der Waals surface area contributed by atoms with Gasteiger partial charge in [0.1, 0.15) is 0 Å². The second-order valence-corrected chi connectivity index (χ2v) is 10.1. The number of benzene rings is 1. The normalized spacial score (nSPS) is 17.2. The molecule has 25 heavy (non-hydrogen) atoms. The summed E-state index contributed by atoms with van der Waals surface area (Å²) in [6.45, 7) is 3.91. The summed E-state index contributed by atoms with van der Waals surface area (Å²) in [4.78, 5) is 16.4. The molecule has 0 bridgehead atoms. The first-order valence-electron chi connectivity index (χ1n) is 7.96. The number of carbonyl (C=O) groups excluding carboxylic acids is 1. The average Bonchev–Trinajstić information content (AvgIpc) is 2.98. The smallest absolute Gasteiger partial charge is 0.273 e. The van der Waals surface area contributed by atoms with E-state index >= 15 is 0 Å². The molecule has 1 atom stereocenters. The second-order valence-electron chi connectivity index (χ2n) is 6.38. The first-order valence-corrected chi connectivity index (χ1v) is 11.1. The van der Waals surface area contributed by atoms with E-state index in [0.29, 0.717) is 20.8 Å². The topological polar surface area (TPSA) is 75.3 Å². The molecule has 5 nitrogen and oxygen atoms in total. The second kappa shape index (κ2) is 7.19. The van der Waals surface area contributed by atoms with E-state index in [9.17, 15) is 13.2 Å². The lowest BCUT2D eigenvalue weighted by molar-refractivity contribution is 0.0949. The number of halogens is 1. The molecule has 3 rings (SSSR count). The Kier molecular flexibility index (Phi) is 5.34. The van der Waals surface area contributed by atoms with Crippen molar-refractivity contribution in [2.45, 2.75) is 38.0 Å². The predicted molar refractivity (Wildman–Crippen MR) is 102 cm³/mol. The highest BCUT2D eigenvalue weighted by molar-refractivity contribution is 9.10. The molecule has 0 radical (unpaired) electrons. The van der Waals surface area contributed by atoms with Crippen LogP contribution in [0.25, 0.3) is 0 Å². The van der Waals surface area contributed by atoms with E-state index in [1.165, 1.54) is 27.8 Å². The van der Waals surface area contributed by atoms with Crippen molar-refractivity contribution in [1.29, 1.82) is 0 Å². The van der Waals surface area contributed by atoms with E-state index < -0.39 is 15.9 Å². The highest BCUT2D eigenvalue weighted by Gasteiger charge is 2.22. The van der Waals surface area contributed by atoms with E-state index in [1.54, 1.807) is 19.1 Å². The average molecular weight is 443 g/mol. The Balaban J connectivity index is 1.73. The van der Waals surface area contributed by atoms with E-state index in [0.717, 1.165) is 19.3 Å². The van der Waals surface area contributed by atoms with Crippen LogP contribution in [0, 0.1) is 12.8 Å². The number of rotatable bonds is 4. The number of carbonyl (C=O) groups is 1. The molecule has 2 N–H and O–H groups in total. The lowest BCUT2D eigenvalue weighted by Gasteiger charge is -2.16. The van der Waals surface area contributed by atoms with Crippen molar-refractivity contribution in [3.63, 3.8) is 0 Å². The van der Waals surface area contributed by atoms with Crippen LogP contribution in [0.3, 0.4) is 0 Å². The molecule has 1 aliphatic rings. The number of amides is 1. The molecular weight excluding hydrogens is 424 g/mol. The third-order valence-electron chi connectivity index (χ3n) is 4.29. The van der Waals surface area contributed by atoms with Gasteiger partial charge in [-0.05, 0) is 61.4 Å². The monoisotopic (exact) mass is 442 g/mol. The Morgan fingerprint density at radius 3 is 2.84 bits per heavy atom. The van der Waals surface area contributed by atoms with Crippen LogP contribution in [-0.2, 0) is 22.9 Å². The number of thiophene rings is 1. The Morgan fingerprint density at radius 2 is 2.08 bits per heavy atom. The van der Waals surface area contributed by atoms with Gasteiger partial charge in [0, 0.05) is 9.35 Å². The van der Waals surface area contributed by atoms with Crippen molar-refractivity contribution in [1.82, 2.24) is 10.3 Å². The molecule has 0 aliphatic heterocycles. The third-order valence-corrected chi connectivity index (χ3v) is 7.41. The maximum atomic E-state index is 12.4. The van der Waals surface area contributed by atoms with Crippen molar-refractivity contribution in [2.24, 2.45) is 5.92 Å². The van der Waals surface area contributed by atoms with Gasteiger partial charge in [-0.3, -0.25) is 10.2 Å². The molecule has 134 valence electrons. The van der Waals surface area contributed by atoms with E-state index in [2.05, 4.69) is 33.1 Å². The van der Waals surface area contributed by atoms with Crippen LogP contribution >= 0.6 is 27.3 Å². The first-order chi connectivity index (χ1) is 11.8. The van der Waals surface area contributed by atoms with Crippen molar-refractivity contribution < 1.29 is 13.2 Å². The summed E-state index contributed by atoms with van der Waals surface area (Å²) < 4.78 is 25.5. The molecule has 0 saturated carbocycles. The number of sulfonamides is 1. The van der Waals surface area contributed by atoms with Crippen LogP contribution in [0.5, 0.6) is 0 Å². The lowest BCUT2D eigenvalue weighted by atomic mass is 9.90. The maximum absolute atomic E-state index is 12.4. The van der Waals surface area contributed by atoms with Crippen LogP contribution in [-0.4, -0.2) is 14.3 Å². The Labute approximate surface area is 160 Å². The highest BCUT2D eigenvalue weighted by Crippen LogP contribution is 2.32. The number of hydrazine groups is 1. The van der Waals surface area contributed by atoms with Crippen molar-refractivity contribution in [2.75, 3.05) is 0 Å². The maximum Gasteiger partial charge on any atom is 0.276 e. The fourth-order valence-corrected chi connectivity index (χ4v) is 5.64. The Bertz CT molecular complexity index is 922. The van der Waals surface area contributed by atoms with Gasteiger partial charge in [0.2, 0.25) is 0 Å². The van der Waals surface area contributed by atoms with Crippen LogP contribution in [0.4, 0.5) is 0 Å². The van der Waals surface area contributed by atoms with E-state index in [4.69, 9.17) is 0 Å². The van der Waals surface area contributed by atoms with Crippen molar-refractivity contribution >= 4 is 43.2 Å². The minimum Gasteiger partial charge on any atom is -0.273 e.